The maximum Gasteiger partial charge on any atom is 0.125 e. The van der Waals surface area contributed by atoms with Crippen molar-refractivity contribution in [2.45, 2.75) is 25.3 Å². The van der Waals surface area contributed by atoms with E-state index >= 15 is 0 Å². The van der Waals surface area contributed by atoms with Crippen LogP contribution in [0.25, 0.3) is 0 Å². The minimum absolute atomic E-state index is 0.307. The van der Waals surface area contributed by atoms with Crippen LogP contribution in [-0.2, 0) is 12.8 Å². The van der Waals surface area contributed by atoms with Crippen molar-refractivity contribution in [3.8, 4) is 5.75 Å². The van der Waals surface area contributed by atoms with Gasteiger partial charge in [-0.25, -0.2) is 0 Å². The Kier molecular flexibility index (Phi) is 4.22. The summed E-state index contributed by atoms with van der Waals surface area (Å²) in [5.41, 5.74) is 5.42. The summed E-state index contributed by atoms with van der Waals surface area (Å²) >= 11 is 8.22. The molecule has 2 heterocycles. The number of hydrazine groups is 1. The Morgan fingerprint density at radius 3 is 3.16 bits per heavy atom. The molecule has 1 aromatic carbocycles. The van der Waals surface area contributed by atoms with E-state index in [4.69, 9.17) is 22.2 Å². The minimum atomic E-state index is 0.307. The van der Waals surface area contributed by atoms with E-state index in [0.29, 0.717) is 12.0 Å². The van der Waals surface area contributed by atoms with Crippen molar-refractivity contribution in [3.63, 3.8) is 0 Å². The Balaban J connectivity index is 1.81. The van der Waals surface area contributed by atoms with Crippen LogP contribution in [0.5, 0.6) is 5.75 Å². The number of hydrogen-bond acceptors (Lipinski definition) is 4. The molecule has 104 valence electrons. The fraction of sp³-hybridized carbons (Fsp3) is 0.571. The van der Waals surface area contributed by atoms with Gasteiger partial charge in [0.2, 0.25) is 0 Å². The molecule has 2 aliphatic rings. The first-order valence-corrected chi connectivity index (χ1v) is 8.29. The third kappa shape index (κ3) is 2.87. The molecule has 0 aromatic heterocycles. The highest BCUT2D eigenvalue weighted by atomic mass is 35.5. The molecule has 0 aliphatic carbocycles. The van der Waals surface area contributed by atoms with E-state index in [2.05, 4.69) is 5.43 Å². The Hall–Kier alpha value is -0.420. The third-order valence-corrected chi connectivity index (χ3v) is 5.42. The summed E-state index contributed by atoms with van der Waals surface area (Å²) in [6, 6.07) is 4.35. The van der Waals surface area contributed by atoms with Crippen molar-refractivity contribution >= 4 is 23.4 Å². The molecule has 5 heteroatoms. The Bertz CT molecular complexity index is 463. The summed E-state index contributed by atoms with van der Waals surface area (Å²) in [5, 5.41) is 0.802. The Morgan fingerprint density at radius 2 is 2.42 bits per heavy atom. The predicted octanol–water partition coefficient (Wildman–Crippen LogP) is 2.40. The van der Waals surface area contributed by atoms with Crippen LogP contribution in [0.4, 0.5) is 0 Å². The summed E-state index contributed by atoms with van der Waals surface area (Å²) in [4.78, 5) is 0. The van der Waals surface area contributed by atoms with Crippen LogP contribution in [0.1, 0.15) is 17.5 Å². The molecule has 3 rings (SSSR count). The number of hydrogen-bond donors (Lipinski definition) is 2. The fourth-order valence-corrected chi connectivity index (χ4v) is 4.57. The van der Waals surface area contributed by atoms with E-state index in [1.54, 1.807) is 0 Å². The lowest BCUT2D eigenvalue weighted by Gasteiger charge is -2.23. The molecule has 1 aromatic rings. The van der Waals surface area contributed by atoms with Gasteiger partial charge >= 0.3 is 0 Å². The van der Waals surface area contributed by atoms with Crippen LogP contribution in [0.3, 0.4) is 0 Å². The van der Waals surface area contributed by atoms with E-state index in [-0.39, 0.29) is 0 Å². The van der Waals surface area contributed by atoms with Gasteiger partial charge in [0.05, 0.1) is 6.61 Å². The van der Waals surface area contributed by atoms with Gasteiger partial charge in [-0.1, -0.05) is 11.6 Å². The average molecular weight is 299 g/mol. The zero-order valence-corrected chi connectivity index (χ0v) is 12.4. The van der Waals surface area contributed by atoms with Crippen LogP contribution in [-0.4, -0.2) is 24.2 Å². The van der Waals surface area contributed by atoms with Crippen LogP contribution in [0, 0.1) is 5.92 Å². The molecule has 0 amide bonds. The quantitative estimate of drug-likeness (QED) is 0.662. The van der Waals surface area contributed by atoms with Gasteiger partial charge in [-0.3, -0.25) is 11.3 Å². The minimum Gasteiger partial charge on any atom is -0.493 e. The Morgan fingerprint density at radius 1 is 1.53 bits per heavy atom. The van der Waals surface area contributed by atoms with Crippen LogP contribution in [0.15, 0.2) is 12.1 Å². The smallest absolute Gasteiger partial charge is 0.125 e. The molecule has 19 heavy (non-hydrogen) atoms. The Labute approximate surface area is 123 Å². The number of thioether (sulfide) groups is 1. The summed E-state index contributed by atoms with van der Waals surface area (Å²) in [5.74, 6) is 9.87. The van der Waals surface area contributed by atoms with Crippen LogP contribution in [0.2, 0.25) is 5.02 Å². The second kappa shape index (κ2) is 5.92. The molecule has 0 bridgehead atoms. The van der Waals surface area contributed by atoms with Crippen molar-refractivity contribution < 1.29 is 4.74 Å². The highest BCUT2D eigenvalue weighted by Gasteiger charge is 2.27. The predicted molar refractivity (Wildman–Crippen MR) is 80.9 cm³/mol. The average Bonchev–Trinajstić information content (AvgIpc) is 3.05. The number of halogens is 1. The number of benzene rings is 1. The largest absolute Gasteiger partial charge is 0.493 e. The first kappa shape index (κ1) is 13.6. The van der Waals surface area contributed by atoms with Gasteiger partial charge in [0, 0.05) is 17.5 Å². The molecule has 1 saturated heterocycles. The van der Waals surface area contributed by atoms with Crippen molar-refractivity contribution in [2.75, 3.05) is 18.1 Å². The molecule has 3 nitrogen and oxygen atoms in total. The number of nitrogens with two attached hydrogens (primary N) is 1. The summed E-state index contributed by atoms with van der Waals surface area (Å²) in [6.07, 6.45) is 3.09. The fourth-order valence-electron chi connectivity index (χ4n) is 2.97. The topological polar surface area (TPSA) is 47.3 Å². The van der Waals surface area contributed by atoms with E-state index in [1.807, 2.05) is 23.9 Å². The monoisotopic (exact) mass is 298 g/mol. The van der Waals surface area contributed by atoms with Crippen molar-refractivity contribution in [1.29, 1.82) is 0 Å². The molecule has 2 unspecified atom stereocenters. The molecule has 0 radical (unpaired) electrons. The summed E-state index contributed by atoms with van der Waals surface area (Å²) in [6.45, 7) is 0.767. The first-order chi connectivity index (χ1) is 9.28. The van der Waals surface area contributed by atoms with Gasteiger partial charge in [0.15, 0.2) is 0 Å². The normalized spacial score (nSPS) is 23.2. The lowest BCUT2D eigenvalue weighted by atomic mass is 9.92. The molecule has 0 saturated carbocycles. The molecule has 3 N–H and O–H groups in total. The molecule has 2 aliphatic heterocycles. The number of nitrogens with one attached hydrogen (secondary N) is 1. The summed E-state index contributed by atoms with van der Waals surface area (Å²) in [7, 11) is 0. The molecule has 2 atom stereocenters. The highest BCUT2D eigenvalue weighted by Crippen LogP contribution is 2.35. The maximum atomic E-state index is 6.20. The van der Waals surface area contributed by atoms with E-state index in [0.717, 1.165) is 30.2 Å². The van der Waals surface area contributed by atoms with Gasteiger partial charge in [-0.15, -0.1) is 0 Å². The van der Waals surface area contributed by atoms with Crippen LogP contribution >= 0.6 is 23.4 Å². The zero-order valence-electron chi connectivity index (χ0n) is 10.8. The lowest BCUT2D eigenvalue weighted by Crippen LogP contribution is -2.42. The highest BCUT2D eigenvalue weighted by molar-refractivity contribution is 7.99. The zero-order chi connectivity index (χ0) is 13.2. The number of rotatable bonds is 4. The molecular formula is C14H19ClN2OS. The van der Waals surface area contributed by atoms with Crippen molar-refractivity contribution in [3.05, 3.63) is 28.3 Å². The second-order valence-corrected chi connectivity index (χ2v) is 6.84. The first-order valence-electron chi connectivity index (χ1n) is 6.76. The SMILES string of the molecule is NNC(Cc1cc(Cl)cc2c1OCC2)C1CCSC1. The van der Waals surface area contributed by atoms with E-state index in [1.165, 1.54) is 29.1 Å². The third-order valence-electron chi connectivity index (χ3n) is 4.01. The second-order valence-electron chi connectivity index (χ2n) is 5.25. The number of ether oxygens (including phenoxy) is 1. The van der Waals surface area contributed by atoms with Gasteiger partial charge in [-0.2, -0.15) is 11.8 Å². The van der Waals surface area contributed by atoms with Crippen LogP contribution < -0.4 is 16.0 Å². The van der Waals surface area contributed by atoms with Gasteiger partial charge < -0.3 is 4.74 Å². The maximum absolute atomic E-state index is 6.20. The van der Waals surface area contributed by atoms with Crippen molar-refractivity contribution in [2.24, 2.45) is 11.8 Å². The molecule has 1 fully saturated rings. The molecular weight excluding hydrogens is 280 g/mol. The standard InChI is InChI=1S/C14H19ClN2OS/c15-12-5-9-1-3-18-14(9)11(6-12)7-13(17-16)10-2-4-19-8-10/h5-6,10,13,17H,1-4,7-8,16H2. The lowest BCUT2D eigenvalue weighted by molar-refractivity contribution is 0.344. The molecule has 0 spiro atoms. The summed E-state index contributed by atoms with van der Waals surface area (Å²) < 4.78 is 5.76. The van der Waals surface area contributed by atoms with E-state index in [9.17, 15) is 0 Å². The van der Waals surface area contributed by atoms with Crippen molar-refractivity contribution in [1.82, 2.24) is 5.43 Å². The van der Waals surface area contributed by atoms with Gasteiger partial charge in [-0.05, 0) is 53.5 Å². The number of fused-ring (bicyclic) bond motifs is 1. The van der Waals surface area contributed by atoms with Gasteiger partial charge in [0.1, 0.15) is 5.75 Å². The van der Waals surface area contributed by atoms with E-state index < -0.39 is 0 Å². The van der Waals surface area contributed by atoms with Gasteiger partial charge in [0.25, 0.3) is 0 Å².